The first kappa shape index (κ1) is 12.6. The molecule has 0 spiro atoms. The van der Waals surface area contributed by atoms with E-state index in [9.17, 15) is 0 Å². The minimum Gasteiger partial charge on any atom is -0.314 e. The van der Waals surface area contributed by atoms with Gasteiger partial charge in [0.1, 0.15) is 12.2 Å². The fraction of sp³-hybridized carbons (Fsp3) is 0.846. The molecule has 1 aromatic rings. The second-order valence-electron chi connectivity index (χ2n) is 4.98. The number of rotatable bonds is 7. The lowest BCUT2D eigenvalue weighted by Crippen LogP contribution is -2.35. The zero-order valence-electron chi connectivity index (χ0n) is 11.0. The smallest absolute Gasteiger partial charge is 0.138 e. The van der Waals surface area contributed by atoms with Gasteiger partial charge in [-0.3, -0.25) is 4.68 Å². The topological polar surface area (TPSA) is 42.7 Å². The molecule has 1 N–H and O–H groups in total. The highest BCUT2D eigenvalue weighted by molar-refractivity contribution is 4.91. The molecule has 96 valence electrons. The lowest BCUT2D eigenvalue weighted by molar-refractivity contribution is 0.258. The summed E-state index contributed by atoms with van der Waals surface area (Å²) in [7, 11) is 0. The first-order valence-corrected chi connectivity index (χ1v) is 6.93. The van der Waals surface area contributed by atoms with Crippen LogP contribution in [0.25, 0.3) is 0 Å². The van der Waals surface area contributed by atoms with E-state index in [1.165, 1.54) is 25.7 Å². The Labute approximate surface area is 104 Å². The summed E-state index contributed by atoms with van der Waals surface area (Å²) in [5.74, 6) is 2.06. The third-order valence-electron chi connectivity index (χ3n) is 3.76. The standard InChI is InChI=1S/C13H24N4/c1-3-14-12(8-11-6-5-7-11)9-13-15-10-16-17(13)4-2/h10-12,14H,3-9H2,1-2H3. The van der Waals surface area contributed by atoms with Crippen LogP contribution in [0, 0.1) is 5.92 Å². The quantitative estimate of drug-likeness (QED) is 0.787. The summed E-state index contributed by atoms with van der Waals surface area (Å²) in [6.07, 6.45) is 8.24. The number of hydrogen-bond donors (Lipinski definition) is 1. The van der Waals surface area contributed by atoms with Gasteiger partial charge in [-0.15, -0.1) is 0 Å². The van der Waals surface area contributed by atoms with Gasteiger partial charge in [-0.05, 0) is 25.8 Å². The summed E-state index contributed by atoms with van der Waals surface area (Å²) in [6, 6.07) is 0.569. The Hall–Kier alpha value is -0.900. The number of hydrogen-bond acceptors (Lipinski definition) is 3. The molecule has 0 aromatic carbocycles. The largest absolute Gasteiger partial charge is 0.314 e. The van der Waals surface area contributed by atoms with Crippen molar-refractivity contribution >= 4 is 0 Å². The van der Waals surface area contributed by atoms with Crippen molar-refractivity contribution in [3.8, 4) is 0 Å². The first-order valence-electron chi connectivity index (χ1n) is 6.93. The average molecular weight is 236 g/mol. The van der Waals surface area contributed by atoms with E-state index in [1.807, 2.05) is 4.68 Å². The normalized spacial score (nSPS) is 18.0. The number of nitrogens with one attached hydrogen (secondary N) is 1. The summed E-state index contributed by atoms with van der Waals surface area (Å²) in [6.45, 7) is 6.25. The van der Waals surface area contributed by atoms with Crippen LogP contribution in [0.2, 0.25) is 0 Å². The molecular formula is C13H24N4. The molecule has 0 saturated heterocycles. The van der Waals surface area contributed by atoms with Gasteiger partial charge < -0.3 is 5.32 Å². The summed E-state index contributed by atoms with van der Waals surface area (Å²) in [5, 5.41) is 7.83. The van der Waals surface area contributed by atoms with E-state index in [0.717, 1.165) is 31.3 Å². The van der Waals surface area contributed by atoms with Crippen molar-refractivity contribution in [3.05, 3.63) is 12.2 Å². The van der Waals surface area contributed by atoms with Gasteiger partial charge in [0.2, 0.25) is 0 Å². The minimum absolute atomic E-state index is 0.569. The van der Waals surface area contributed by atoms with Gasteiger partial charge in [-0.25, -0.2) is 4.98 Å². The van der Waals surface area contributed by atoms with Crippen molar-refractivity contribution in [1.82, 2.24) is 20.1 Å². The summed E-state index contributed by atoms with van der Waals surface area (Å²) in [5.41, 5.74) is 0. The molecule has 4 nitrogen and oxygen atoms in total. The van der Waals surface area contributed by atoms with Crippen LogP contribution in [0.3, 0.4) is 0 Å². The van der Waals surface area contributed by atoms with Gasteiger partial charge >= 0.3 is 0 Å². The molecule has 2 rings (SSSR count). The highest BCUT2D eigenvalue weighted by atomic mass is 15.3. The molecule has 0 aliphatic heterocycles. The Kier molecular flexibility index (Phi) is 4.54. The SMILES string of the molecule is CCNC(Cc1ncnn1CC)CC1CCC1. The van der Waals surface area contributed by atoms with E-state index in [0.29, 0.717) is 6.04 Å². The maximum Gasteiger partial charge on any atom is 0.138 e. The molecule has 1 aromatic heterocycles. The predicted molar refractivity (Wildman–Crippen MR) is 68.8 cm³/mol. The lowest BCUT2D eigenvalue weighted by atomic mass is 9.80. The molecule has 1 unspecified atom stereocenters. The van der Waals surface area contributed by atoms with Gasteiger partial charge in [0.25, 0.3) is 0 Å². The van der Waals surface area contributed by atoms with Crippen LogP contribution in [0.1, 0.15) is 45.4 Å². The zero-order valence-corrected chi connectivity index (χ0v) is 11.0. The van der Waals surface area contributed by atoms with Crippen molar-refractivity contribution in [1.29, 1.82) is 0 Å². The Morgan fingerprint density at radius 1 is 1.47 bits per heavy atom. The van der Waals surface area contributed by atoms with Crippen LogP contribution in [0.15, 0.2) is 6.33 Å². The van der Waals surface area contributed by atoms with Crippen LogP contribution in [0.4, 0.5) is 0 Å². The Morgan fingerprint density at radius 3 is 2.88 bits per heavy atom. The van der Waals surface area contributed by atoms with Crippen molar-refractivity contribution in [3.63, 3.8) is 0 Å². The highest BCUT2D eigenvalue weighted by Crippen LogP contribution is 2.30. The first-order chi connectivity index (χ1) is 8.33. The van der Waals surface area contributed by atoms with Crippen molar-refractivity contribution in [2.45, 2.75) is 58.5 Å². The monoisotopic (exact) mass is 236 g/mol. The van der Waals surface area contributed by atoms with Gasteiger partial charge in [0.05, 0.1) is 0 Å². The van der Waals surface area contributed by atoms with E-state index < -0.39 is 0 Å². The predicted octanol–water partition coefficient (Wildman–Crippen LogP) is 2.01. The molecule has 0 amide bonds. The molecule has 1 aliphatic carbocycles. The molecule has 1 saturated carbocycles. The molecular weight excluding hydrogens is 212 g/mol. The lowest BCUT2D eigenvalue weighted by Gasteiger charge is -2.30. The molecule has 0 bridgehead atoms. The van der Waals surface area contributed by atoms with Crippen LogP contribution < -0.4 is 5.32 Å². The summed E-state index contributed by atoms with van der Waals surface area (Å²) >= 11 is 0. The van der Waals surface area contributed by atoms with Crippen molar-refractivity contribution in [2.24, 2.45) is 5.92 Å². The molecule has 1 aliphatic rings. The second-order valence-corrected chi connectivity index (χ2v) is 4.98. The van der Waals surface area contributed by atoms with E-state index in [2.05, 4.69) is 29.2 Å². The summed E-state index contributed by atoms with van der Waals surface area (Å²) < 4.78 is 2.01. The molecule has 17 heavy (non-hydrogen) atoms. The number of nitrogens with zero attached hydrogens (tertiary/aromatic N) is 3. The van der Waals surface area contributed by atoms with Crippen molar-refractivity contribution < 1.29 is 0 Å². The Balaban J connectivity index is 1.91. The Morgan fingerprint density at radius 2 is 2.29 bits per heavy atom. The van der Waals surface area contributed by atoms with E-state index >= 15 is 0 Å². The van der Waals surface area contributed by atoms with Crippen LogP contribution in [-0.2, 0) is 13.0 Å². The van der Waals surface area contributed by atoms with Crippen molar-refractivity contribution in [2.75, 3.05) is 6.54 Å². The second kappa shape index (κ2) is 6.15. The third-order valence-corrected chi connectivity index (χ3v) is 3.76. The fourth-order valence-electron chi connectivity index (χ4n) is 2.59. The van der Waals surface area contributed by atoms with Crippen LogP contribution in [0.5, 0.6) is 0 Å². The van der Waals surface area contributed by atoms with Gasteiger partial charge in [0.15, 0.2) is 0 Å². The maximum atomic E-state index is 4.37. The summed E-state index contributed by atoms with van der Waals surface area (Å²) in [4.78, 5) is 4.37. The minimum atomic E-state index is 0.569. The number of aryl methyl sites for hydroxylation is 1. The highest BCUT2D eigenvalue weighted by Gasteiger charge is 2.22. The molecule has 4 heteroatoms. The van der Waals surface area contributed by atoms with Crippen LogP contribution >= 0.6 is 0 Å². The average Bonchev–Trinajstić information content (AvgIpc) is 2.71. The molecule has 1 heterocycles. The van der Waals surface area contributed by atoms with E-state index in [4.69, 9.17) is 0 Å². The fourth-order valence-corrected chi connectivity index (χ4v) is 2.59. The molecule has 0 radical (unpaired) electrons. The van der Waals surface area contributed by atoms with Gasteiger partial charge in [-0.2, -0.15) is 5.10 Å². The molecule has 1 fully saturated rings. The zero-order chi connectivity index (χ0) is 12.1. The Bertz CT molecular complexity index is 330. The maximum absolute atomic E-state index is 4.37. The molecule has 1 atom stereocenters. The van der Waals surface area contributed by atoms with E-state index in [-0.39, 0.29) is 0 Å². The third kappa shape index (κ3) is 3.28. The number of aromatic nitrogens is 3. The number of likely N-dealkylation sites (N-methyl/N-ethyl adjacent to an activating group) is 1. The van der Waals surface area contributed by atoms with Gasteiger partial charge in [0, 0.05) is 19.0 Å². The van der Waals surface area contributed by atoms with Crippen LogP contribution in [-0.4, -0.2) is 27.4 Å². The van der Waals surface area contributed by atoms with E-state index in [1.54, 1.807) is 6.33 Å². The van der Waals surface area contributed by atoms with Gasteiger partial charge in [-0.1, -0.05) is 26.2 Å².